The first-order valence-corrected chi connectivity index (χ1v) is 6.92. The molecule has 1 atom stereocenters. The maximum absolute atomic E-state index is 11.5. The van der Waals surface area contributed by atoms with E-state index in [1.165, 1.54) is 0 Å². The van der Waals surface area contributed by atoms with Crippen molar-refractivity contribution < 1.29 is 4.79 Å². The summed E-state index contributed by atoms with van der Waals surface area (Å²) in [5.41, 5.74) is 0. The molecule has 100 valence electrons. The second-order valence-corrected chi connectivity index (χ2v) is 5.01. The summed E-state index contributed by atoms with van der Waals surface area (Å²) in [4.78, 5) is 14.0. The molecule has 0 spiro atoms. The van der Waals surface area contributed by atoms with E-state index in [1.807, 2.05) is 0 Å². The molecule has 0 bridgehead atoms. The molecular weight excluding hydrogens is 214 g/mol. The molecule has 2 N–H and O–H groups in total. The first-order valence-electron chi connectivity index (χ1n) is 6.92. The van der Waals surface area contributed by atoms with E-state index in [-0.39, 0.29) is 5.91 Å². The molecule has 1 amide bonds. The molecule has 0 aliphatic carbocycles. The van der Waals surface area contributed by atoms with Gasteiger partial charge in [-0.15, -0.1) is 0 Å². The van der Waals surface area contributed by atoms with Crippen LogP contribution < -0.4 is 10.6 Å². The van der Waals surface area contributed by atoms with Crippen molar-refractivity contribution in [3.05, 3.63) is 0 Å². The van der Waals surface area contributed by atoms with Crippen LogP contribution in [0.2, 0.25) is 0 Å². The van der Waals surface area contributed by atoms with Gasteiger partial charge in [0.1, 0.15) is 0 Å². The zero-order chi connectivity index (χ0) is 12.5. The van der Waals surface area contributed by atoms with Gasteiger partial charge < -0.3 is 15.5 Å². The smallest absolute Gasteiger partial charge is 0.220 e. The molecule has 4 nitrogen and oxygen atoms in total. The van der Waals surface area contributed by atoms with Crippen LogP contribution in [0.5, 0.6) is 0 Å². The third-order valence-electron chi connectivity index (χ3n) is 3.41. The average Bonchev–Trinajstić information content (AvgIpc) is 2.36. The molecule has 1 unspecified atom stereocenters. The second-order valence-electron chi connectivity index (χ2n) is 5.01. The third-order valence-corrected chi connectivity index (χ3v) is 3.41. The molecule has 1 rings (SSSR count). The zero-order valence-electron chi connectivity index (χ0n) is 11.3. The van der Waals surface area contributed by atoms with Gasteiger partial charge in [-0.3, -0.25) is 4.79 Å². The molecule has 1 aliphatic heterocycles. The highest BCUT2D eigenvalue weighted by molar-refractivity contribution is 5.76. The van der Waals surface area contributed by atoms with Crippen LogP contribution in [0.1, 0.15) is 33.1 Å². The first-order chi connectivity index (χ1) is 8.22. The monoisotopic (exact) mass is 241 g/mol. The highest BCUT2D eigenvalue weighted by Crippen LogP contribution is 2.05. The van der Waals surface area contributed by atoms with E-state index < -0.39 is 0 Å². The van der Waals surface area contributed by atoms with Gasteiger partial charge in [0.2, 0.25) is 5.91 Å². The normalized spacial score (nSPS) is 18.9. The van der Waals surface area contributed by atoms with Crippen molar-refractivity contribution in [2.75, 3.05) is 39.3 Å². The Morgan fingerprint density at radius 1 is 1.41 bits per heavy atom. The zero-order valence-corrected chi connectivity index (χ0v) is 11.3. The number of nitrogens with one attached hydrogen (secondary N) is 2. The number of piperazine rings is 1. The molecule has 0 radical (unpaired) electrons. The van der Waals surface area contributed by atoms with Crippen molar-refractivity contribution in [1.82, 2.24) is 15.5 Å². The van der Waals surface area contributed by atoms with Crippen LogP contribution in [-0.4, -0.2) is 50.1 Å². The highest BCUT2D eigenvalue weighted by atomic mass is 16.1. The lowest BCUT2D eigenvalue weighted by atomic mass is 10.1. The number of hydrogen-bond donors (Lipinski definition) is 2. The van der Waals surface area contributed by atoms with E-state index in [1.54, 1.807) is 0 Å². The Kier molecular flexibility index (Phi) is 7.21. The van der Waals surface area contributed by atoms with Crippen molar-refractivity contribution in [3.8, 4) is 0 Å². The Bertz CT molecular complexity index is 215. The highest BCUT2D eigenvalue weighted by Gasteiger charge is 2.09. The SMILES string of the molecule is CCC(C)CC(=O)NCCCN1CCNCC1. The largest absolute Gasteiger partial charge is 0.356 e. The number of nitrogens with zero attached hydrogens (tertiary/aromatic N) is 1. The minimum Gasteiger partial charge on any atom is -0.356 e. The third kappa shape index (κ3) is 6.64. The molecular formula is C13H27N3O. The van der Waals surface area contributed by atoms with Gasteiger partial charge >= 0.3 is 0 Å². The minimum absolute atomic E-state index is 0.208. The van der Waals surface area contributed by atoms with Crippen molar-refractivity contribution >= 4 is 5.91 Å². The van der Waals surface area contributed by atoms with E-state index in [0.717, 1.165) is 52.1 Å². The molecule has 1 aliphatic rings. The minimum atomic E-state index is 0.208. The topological polar surface area (TPSA) is 44.4 Å². The Balaban J connectivity index is 1.97. The van der Waals surface area contributed by atoms with Gasteiger partial charge in [0.15, 0.2) is 0 Å². The summed E-state index contributed by atoms with van der Waals surface area (Å²) in [6, 6.07) is 0. The summed E-state index contributed by atoms with van der Waals surface area (Å²) in [5, 5.41) is 6.35. The fourth-order valence-electron chi connectivity index (χ4n) is 2.00. The van der Waals surface area contributed by atoms with Gasteiger partial charge in [-0.2, -0.15) is 0 Å². The number of amides is 1. The summed E-state index contributed by atoms with van der Waals surface area (Å²) in [6.07, 6.45) is 2.81. The van der Waals surface area contributed by atoms with Crippen molar-refractivity contribution in [3.63, 3.8) is 0 Å². The number of carbonyl (C=O) groups excluding carboxylic acids is 1. The van der Waals surface area contributed by atoms with E-state index in [9.17, 15) is 4.79 Å². The average molecular weight is 241 g/mol. The maximum Gasteiger partial charge on any atom is 0.220 e. The number of rotatable bonds is 7. The lowest BCUT2D eigenvalue weighted by molar-refractivity contribution is -0.121. The van der Waals surface area contributed by atoms with Gasteiger partial charge in [0.05, 0.1) is 0 Å². The Morgan fingerprint density at radius 3 is 2.76 bits per heavy atom. The van der Waals surface area contributed by atoms with Crippen LogP contribution >= 0.6 is 0 Å². The molecule has 0 saturated carbocycles. The van der Waals surface area contributed by atoms with Gasteiger partial charge in [0, 0.05) is 39.1 Å². The van der Waals surface area contributed by atoms with Crippen LogP contribution in [0.3, 0.4) is 0 Å². The summed E-state index contributed by atoms with van der Waals surface area (Å²) in [7, 11) is 0. The van der Waals surface area contributed by atoms with E-state index >= 15 is 0 Å². The van der Waals surface area contributed by atoms with Gasteiger partial charge in [0.25, 0.3) is 0 Å². The fourth-order valence-corrected chi connectivity index (χ4v) is 2.00. The van der Waals surface area contributed by atoms with E-state index in [4.69, 9.17) is 0 Å². The standard InChI is InChI=1S/C13H27N3O/c1-3-12(2)11-13(17)15-5-4-8-16-9-6-14-7-10-16/h12,14H,3-11H2,1-2H3,(H,15,17). The fraction of sp³-hybridized carbons (Fsp3) is 0.923. The van der Waals surface area contributed by atoms with Crippen LogP contribution in [0.15, 0.2) is 0 Å². The van der Waals surface area contributed by atoms with E-state index in [2.05, 4.69) is 29.4 Å². The summed E-state index contributed by atoms with van der Waals surface area (Å²) in [6.45, 7) is 10.6. The van der Waals surface area contributed by atoms with Crippen LogP contribution in [0.25, 0.3) is 0 Å². The van der Waals surface area contributed by atoms with Gasteiger partial charge in [-0.1, -0.05) is 20.3 Å². The predicted molar refractivity (Wildman–Crippen MR) is 71.0 cm³/mol. The molecule has 1 saturated heterocycles. The van der Waals surface area contributed by atoms with Gasteiger partial charge in [-0.25, -0.2) is 0 Å². The van der Waals surface area contributed by atoms with Crippen molar-refractivity contribution in [1.29, 1.82) is 0 Å². The van der Waals surface area contributed by atoms with Crippen LogP contribution in [-0.2, 0) is 4.79 Å². The van der Waals surface area contributed by atoms with Crippen molar-refractivity contribution in [2.45, 2.75) is 33.1 Å². The molecule has 0 aromatic heterocycles. The summed E-state index contributed by atoms with van der Waals surface area (Å²) < 4.78 is 0. The summed E-state index contributed by atoms with van der Waals surface area (Å²) in [5.74, 6) is 0.711. The second kappa shape index (κ2) is 8.48. The molecule has 17 heavy (non-hydrogen) atoms. The number of carbonyl (C=O) groups is 1. The molecule has 1 fully saturated rings. The van der Waals surface area contributed by atoms with Crippen LogP contribution in [0.4, 0.5) is 0 Å². The van der Waals surface area contributed by atoms with Crippen molar-refractivity contribution in [2.24, 2.45) is 5.92 Å². The van der Waals surface area contributed by atoms with Gasteiger partial charge in [-0.05, 0) is 18.9 Å². The Morgan fingerprint density at radius 2 is 2.12 bits per heavy atom. The summed E-state index contributed by atoms with van der Waals surface area (Å²) >= 11 is 0. The molecule has 4 heteroatoms. The molecule has 0 aromatic carbocycles. The lowest BCUT2D eigenvalue weighted by Gasteiger charge is -2.27. The Labute approximate surface area is 105 Å². The lowest BCUT2D eigenvalue weighted by Crippen LogP contribution is -2.44. The number of hydrogen-bond acceptors (Lipinski definition) is 3. The molecule has 0 aromatic rings. The first kappa shape index (κ1) is 14.5. The quantitative estimate of drug-likeness (QED) is 0.649. The van der Waals surface area contributed by atoms with E-state index in [0.29, 0.717) is 12.3 Å². The Hall–Kier alpha value is -0.610. The predicted octanol–water partition coefficient (Wildman–Crippen LogP) is 0.834. The maximum atomic E-state index is 11.5. The molecule has 1 heterocycles. The van der Waals surface area contributed by atoms with Crippen LogP contribution in [0, 0.1) is 5.92 Å².